The Labute approximate surface area is 125 Å². The first kappa shape index (κ1) is 16.5. The summed E-state index contributed by atoms with van der Waals surface area (Å²) in [5, 5.41) is 0. The van der Waals surface area contributed by atoms with Gasteiger partial charge in [0.05, 0.1) is 4.90 Å². The quantitative estimate of drug-likeness (QED) is 0.515. The van der Waals surface area contributed by atoms with Gasteiger partial charge < -0.3 is 4.74 Å². The van der Waals surface area contributed by atoms with Gasteiger partial charge in [0.2, 0.25) is 20.0 Å². The van der Waals surface area contributed by atoms with Crippen LogP contribution in [0.1, 0.15) is 6.92 Å². The first-order valence-electron chi connectivity index (χ1n) is 4.94. The SMILES string of the molecule is CC(=O)OC(NS(=O)(=O)c1ccccc1)C(Cl)(Cl)Cl. The lowest BCUT2D eigenvalue weighted by Gasteiger charge is -2.24. The number of benzene rings is 1. The highest BCUT2D eigenvalue weighted by atomic mass is 35.6. The van der Waals surface area contributed by atoms with E-state index in [1.165, 1.54) is 24.3 Å². The highest BCUT2D eigenvalue weighted by Gasteiger charge is 2.38. The molecule has 0 fully saturated rings. The molecule has 0 bridgehead atoms. The molecule has 19 heavy (non-hydrogen) atoms. The fourth-order valence-electron chi connectivity index (χ4n) is 1.13. The highest BCUT2D eigenvalue weighted by Crippen LogP contribution is 2.32. The molecule has 0 spiro atoms. The summed E-state index contributed by atoms with van der Waals surface area (Å²) in [6, 6.07) is 7.42. The fourth-order valence-corrected chi connectivity index (χ4v) is 2.78. The van der Waals surface area contributed by atoms with Crippen LogP contribution >= 0.6 is 34.8 Å². The number of hydrogen-bond donors (Lipinski definition) is 1. The van der Waals surface area contributed by atoms with Crippen molar-refractivity contribution < 1.29 is 17.9 Å². The van der Waals surface area contributed by atoms with Gasteiger partial charge in [-0.25, -0.2) is 8.42 Å². The third kappa shape index (κ3) is 5.16. The largest absolute Gasteiger partial charge is 0.441 e. The van der Waals surface area contributed by atoms with Crippen LogP contribution in [-0.4, -0.2) is 24.4 Å². The van der Waals surface area contributed by atoms with E-state index in [1.54, 1.807) is 6.07 Å². The zero-order valence-corrected chi connectivity index (χ0v) is 12.7. The molecule has 1 atom stereocenters. The van der Waals surface area contributed by atoms with E-state index in [2.05, 4.69) is 4.74 Å². The Morgan fingerprint density at radius 2 is 1.79 bits per heavy atom. The van der Waals surface area contributed by atoms with E-state index in [-0.39, 0.29) is 4.90 Å². The summed E-state index contributed by atoms with van der Waals surface area (Å²) in [5.41, 5.74) is 0. The highest BCUT2D eigenvalue weighted by molar-refractivity contribution is 7.89. The van der Waals surface area contributed by atoms with Crippen molar-refractivity contribution in [3.8, 4) is 0 Å². The molecular formula is C10H10Cl3NO4S. The Morgan fingerprint density at radius 1 is 1.26 bits per heavy atom. The fraction of sp³-hybridized carbons (Fsp3) is 0.300. The second kappa shape index (κ2) is 6.28. The zero-order chi connectivity index (χ0) is 14.7. The topological polar surface area (TPSA) is 72.5 Å². The van der Waals surface area contributed by atoms with Crippen LogP contribution in [0.25, 0.3) is 0 Å². The van der Waals surface area contributed by atoms with Gasteiger partial charge in [-0.1, -0.05) is 53.0 Å². The maximum Gasteiger partial charge on any atom is 0.304 e. The van der Waals surface area contributed by atoms with E-state index in [9.17, 15) is 13.2 Å². The number of alkyl halides is 3. The summed E-state index contributed by atoms with van der Waals surface area (Å²) in [7, 11) is -3.97. The van der Waals surface area contributed by atoms with Gasteiger partial charge in [0, 0.05) is 6.92 Å². The molecule has 0 radical (unpaired) electrons. The number of carbonyl (C=O) groups is 1. The molecule has 0 aromatic heterocycles. The predicted octanol–water partition coefficient (Wildman–Crippen LogP) is 2.22. The van der Waals surface area contributed by atoms with E-state index in [4.69, 9.17) is 34.8 Å². The molecule has 1 aromatic carbocycles. The lowest BCUT2D eigenvalue weighted by molar-refractivity contribution is -0.146. The van der Waals surface area contributed by atoms with Gasteiger partial charge in [0.15, 0.2) is 0 Å². The number of esters is 1. The Hall–Kier alpha value is -0.530. The Balaban J connectivity index is 3.00. The van der Waals surface area contributed by atoms with Crippen LogP contribution in [0.3, 0.4) is 0 Å². The molecule has 0 saturated heterocycles. The number of hydrogen-bond acceptors (Lipinski definition) is 4. The third-order valence-corrected chi connectivity index (χ3v) is 3.91. The molecule has 0 saturated carbocycles. The van der Waals surface area contributed by atoms with Crippen molar-refractivity contribution in [1.82, 2.24) is 4.72 Å². The standard InChI is InChI=1S/C10H10Cl3NO4S/c1-7(15)18-9(10(11,12)13)14-19(16,17)8-5-3-2-4-6-8/h2-6,9,14H,1H3. The number of ether oxygens (including phenoxy) is 1. The molecule has 0 amide bonds. The maximum absolute atomic E-state index is 12.0. The molecule has 1 N–H and O–H groups in total. The van der Waals surface area contributed by atoms with Crippen molar-refractivity contribution in [1.29, 1.82) is 0 Å². The van der Waals surface area contributed by atoms with Gasteiger partial charge in [-0.05, 0) is 12.1 Å². The van der Waals surface area contributed by atoms with Crippen molar-refractivity contribution in [2.75, 3.05) is 0 Å². The summed E-state index contributed by atoms with van der Waals surface area (Å²) in [6.45, 7) is 1.07. The van der Waals surface area contributed by atoms with Crippen LogP contribution in [0.4, 0.5) is 0 Å². The molecular weight excluding hydrogens is 337 g/mol. The van der Waals surface area contributed by atoms with Gasteiger partial charge in [0.1, 0.15) is 0 Å². The zero-order valence-electron chi connectivity index (χ0n) is 9.64. The van der Waals surface area contributed by atoms with Crippen LogP contribution in [0.5, 0.6) is 0 Å². The second-order valence-corrected chi connectivity index (χ2v) is 7.55. The smallest absolute Gasteiger partial charge is 0.304 e. The lowest BCUT2D eigenvalue weighted by Crippen LogP contribution is -2.46. The summed E-state index contributed by atoms with van der Waals surface area (Å²) in [4.78, 5) is 10.8. The number of rotatable bonds is 4. The van der Waals surface area contributed by atoms with Crippen LogP contribution in [0.2, 0.25) is 0 Å². The van der Waals surface area contributed by atoms with Crippen LogP contribution in [-0.2, 0) is 19.6 Å². The first-order chi connectivity index (χ1) is 8.63. The van der Waals surface area contributed by atoms with Gasteiger partial charge in [-0.15, -0.1) is 0 Å². The monoisotopic (exact) mass is 345 g/mol. The molecule has 0 aliphatic heterocycles. The van der Waals surface area contributed by atoms with Crippen LogP contribution in [0.15, 0.2) is 35.2 Å². The number of sulfonamides is 1. The minimum absolute atomic E-state index is 0.0404. The van der Waals surface area contributed by atoms with E-state index >= 15 is 0 Å². The molecule has 0 aliphatic carbocycles. The number of nitrogens with one attached hydrogen (secondary N) is 1. The van der Waals surface area contributed by atoms with Crippen molar-refractivity contribution in [3.63, 3.8) is 0 Å². The molecule has 0 heterocycles. The van der Waals surface area contributed by atoms with Crippen molar-refractivity contribution in [2.45, 2.75) is 21.8 Å². The molecule has 106 valence electrons. The number of halogens is 3. The van der Waals surface area contributed by atoms with Gasteiger partial charge in [0.25, 0.3) is 0 Å². The lowest BCUT2D eigenvalue weighted by atomic mass is 10.4. The second-order valence-electron chi connectivity index (χ2n) is 3.47. The van der Waals surface area contributed by atoms with Gasteiger partial charge in [-0.3, -0.25) is 4.79 Å². The number of carbonyl (C=O) groups excluding carboxylic acids is 1. The van der Waals surface area contributed by atoms with Crippen LogP contribution < -0.4 is 4.72 Å². The normalized spacial score (nSPS) is 13.9. The summed E-state index contributed by atoms with van der Waals surface area (Å²) in [5.74, 6) is -0.785. The van der Waals surface area contributed by atoms with E-state index in [0.29, 0.717) is 0 Å². The molecule has 1 rings (SSSR count). The molecule has 1 aromatic rings. The van der Waals surface area contributed by atoms with Gasteiger partial charge in [-0.2, -0.15) is 4.72 Å². The van der Waals surface area contributed by atoms with Gasteiger partial charge >= 0.3 is 5.97 Å². The van der Waals surface area contributed by atoms with E-state index in [0.717, 1.165) is 6.92 Å². The Morgan fingerprint density at radius 3 is 2.21 bits per heavy atom. The summed E-state index contributed by atoms with van der Waals surface area (Å²) < 4.78 is 28.5. The molecule has 5 nitrogen and oxygen atoms in total. The Bertz CT molecular complexity index is 542. The first-order valence-corrected chi connectivity index (χ1v) is 7.56. The minimum Gasteiger partial charge on any atom is -0.441 e. The average molecular weight is 347 g/mol. The summed E-state index contributed by atoms with van der Waals surface area (Å²) >= 11 is 16.7. The molecule has 0 aliphatic rings. The average Bonchev–Trinajstić information content (AvgIpc) is 2.27. The summed E-state index contributed by atoms with van der Waals surface area (Å²) in [6.07, 6.45) is -1.62. The third-order valence-electron chi connectivity index (χ3n) is 1.90. The van der Waals surface area contributed by atoms with E-state index in [1.807, 2.05) is 4.72 Å². The minimum atomic E-state index is -3.97. The van der Waals surface area contributed by atoms with Crippen LogP contribution in [0, 0.1) is 0 Å². The predicted molar refractivity (Wildman–Crippen MR) is 72.6 cm³/mol. The Kier molecular flexibility index (Phi) is 5.46. The van der Waals surface area contributed by atoms with E-state index < -0.39 is 26.0 Å². The van der Waals surface area contributed by atoms with Crippen molar-refractivity contribution in [2.24, 2.45) is 0 Å². The molecule has 1 unspecified atom stereocenters. The van der Waals surface area contributed by atoms with Crippen molar-refractivity contribution >= 4 is 50.8 Å². The molecule has 9 heteroatoms. The van der Waals surface area contributed by atoms with Crippen molar-refractivity contribution in [3.05, 3.63) is 30.3 Å². The maximum atomic E-state index is 12.0.